The maximum atomic E-state index is 4.13. The van der Waals surface area contributed by atoms with Crippen molar-refractivity contribution in [1.29, 1.82) is 0 Å². The lowest BCUT2D eigenvalue weighted by molar-refractivity contribution is 0.955. The number of aromatic nitrogens is 2. The molecule has 2 rings (SSSR count). The summed E-state index contributed by atoms with van der Waals surface area (Å²) in [6, 6.07) is 8.25. The molecule has 0 unspecified atom stereocenters. The lowest BCUT2D eigenvalue weighted by Gasteiger charge is -2.00. The van der Waals surface area contributed by atoms with Crippen LogP contribution in [0.3, 0.4) is 0 Å². The molecule has 0 N–H and O–H groups in total. The number of halogens is 1. The van der Waals surface area contributed by atoms with Gasteiger partial charge in [0.05, 0.1) is 0 Å². The first-order chi connectivity index (χ1) is 7.79. The first-order valence-corrected chi connectivity index (χ1v) is 8.35. The van der Waals surface area contributed by atoms with Gasteiger partial charge in [-0.2, -0.15) is 0 Å². The number of thioether (sulfide) groups is 2. The Morgan fingerprint density at radius 3 is 2.69 bits per heavy atom. The molecular formula is C10H9BrN2S3. The molecule has 16 heavy (non-hydrogen) atoms. The maximum absolute atomic E-state index is 4.13. The summed E-state index contributed by atoms with van der Waals surface area (Å²) < 4.78 is 3.20. The van der Waals surface area contributed by atoms with Gasteiger partial charge in [-0.25, -0.2) is 0 Å². The van der Waals surface area contributed by atoms with Crippen LogP contribution in [-0.4, -0.2) is 16.5 Å². The van der Waals surface area contributed by atoms with E-state index in [0.29, 0.717) is 0 Å². The third-order valence-corrected chi connectivity index (χ3v) is 5.73. The second-order valence-electron chi connectivity index (χ2n) is 2.92. The molecule has 1 heterocycles. The van der Waals surface area contributed by atoms with Gasteiger partial charge in [-0.15, -0.1) is 10.2 Å². The van der Waals surface area contributed by atoms with Crippen LogP contribution in [-0.2, 0) is 5.75 Å². The van der Waals surface area contributed by atoms with E-state index in [-0.39, 0.29) is 0 Å². The fourth-order valence-electron chi connectivity index (χ4n) is 1.09. The summed E-state index contributed by atoms with van der Waals surface area (Å²) in [7, 11) is 0. The number of rotatable bonds is 4. The molecule has 0 saturated heterocycles. The lowest BCUT2D eigenvalue weighted by atomic mass is 10.2. The number of hydrogen-bond acceptors (Lipinski definition) is 5. The van der Waals surface area contributed by atoms with Crippen molar-refractivity contribution in [1.82, 2.24) is 10.2 Å². The van der Waals surface area contributed by atoms with Gasteiger partial charge in [-0.05, 0) is 17.9 Å². The van der Waals surface area contributed by atoms with Crippen molar-refractivity contribution in [2.45, 2.75) is 14.4 Å². The van der Waals surface area contributed by atoms with E-state index in [1.165, 1.54) is 5.56 Å². The highest BCUT2D eigenvalue weighted by Gasteiger charge is 2.05. The molecule has 0 atom stereocenters. The molecule has 0 spiro atoms. The quantitative estimate of drug-likeness (QED) is 0.779. The molecule has 0 fully saturated rings. The van der Waals surface area contributed by atoms with Crippen molar-refractivity contribution in [3.05, 3.63) is 34.3 Å². The SMILES string of the molecule is CSc1nnc(SCc2ccccc2Br)s1. The molecule has 0 saturated carbocycles. The van der Waals surface area contributed by atoms with Crippen LogP contribution in [0.2, 0.25) is 0 Å². The fraction of sp³-hybridized carbons (Fsp3) is 0.200. The zero-order valence-electron chi connectivity index (χ0n) is 8.51. The summed E-state index contributed by atoms with van der Waals surface area (Å²) in [5.41, 5.74) is 1.29. The van der Waals surface area contributed by atoms with Gasteiger partial charge < -0.3 is 0 Å². The normalized spacial score (nSPS) is 10.6. The molecule has 0 aliphatic carbocycles. The average molecular weight is 333 g/mol. The second-order valence-corrected chi connectivity index (χ2v) is 7.03. The van der Waals surface area contributed by atoms with E-state index in [2.05, 4.69) is 38.3 Å². The summed E-state index contributed by atoms with van der Waals surface area (Å²) in [6.07, 6.45) is 2.02. The Balaban J connectivity index is 1.99. The van der Waals surface area contributed by atoms with Crippen LogP contribution in [0.5, 0.6) is 0 Å². The zero-order valence-corrected chi connectivity index (χ0v) is 12.5. The highest BCUT2D eigenvalue weighted by atomic mass is 79.9. The minimum atomic E-state index is 0.921. The Morgan fingerprint density at radius 1 is 1.25 bits per heavy atom. The van der Waals surface area contributed by atoms with Crippen LogP contribution in [0.4, 0.5) is 0 Å². The van der Waals surface area contributed by atoms with Gasteiger partial charge in [-0.3, -0.25) is 0 Å². The van der Waals surface area contributed by atoms with Crippen molar-refractivity contribution < 1.29 is 0 Å². The van der Waals surface area contributed by atoms with Crippen LogP contribution in [0.25, 0.3) is 0 Å². The van der Waals surface area contributed by atoms with Gasteiger partial charge in [0.1, 0.15) is 0 Å². The van der Waals surface area contributed by atoms with Gasteiger partial charge in [0.15, 0.2) is 8.68 Å². The van der Waals surface area contributed by atoms with Crippen molar-refractivity contribution in [3.8, 4) is 0 Å². The minimum absolute atomic E-state index is 0.921. The topological polar surface area (TPSA) is 25.8 Å². The molecule has 2 nitrogen and oxygen atoms in total. The molecule has 0 bridgehead atoms. The summed E-state index contributed by atoms with van der Waals surface area (Å²) in [5, 5.41) is 8.20. The number of hydrogen-bond donors (Lipinski definition) is 0. The zero-order chi connectivity index (χ0) is 11.4. The van der Waals surface area contributed by atoms with Crippen LogP contribution in [0, 0.1) is 0 Å². The van der Waals surface area contributed by atoms with E-state index in [4.69, 9.17) is 0 Å². The van der Waals surface area contributed by atoms with Crippen molar-refractivity contribution >= 4 is 50.8 Å². The summed E-state index contributed by atoms with van der Waals surface area (Å²) in [6.45, 7) is 0. The lowest BCUT2D eigenvalue weighted by Crippen LogP contribution is -1.81. The third kappa shape index (κ3) is 3.23. The second kappa shape index (κ2) is 6.05. The largest absolute Gasteiger partial charge is 0.175 e. The molecule has 2 aromatic rings. The van der Waals surface area contributed by atoms with Gasteiger partial charge in [-0.1, -0.05) is 69.0 Å². The van der Waals surface area contributed by atoms with E-state index in [9.17, 15) is 0 Å². The van der Waals surface area contributed by atoms with E-state index >= 15 is 0 Å². The highest BCUT2D eigenvalue weighted by Crippen LogP contribution is 2.31. The molecular weight excluding hydrogens is 324 g/mol. The molecule has 0 aliphatic heterocycles. The first kappa shape index (κ1) is 12.4. The predicted molar refractivity (Wildman–Crippen MR) is 75.4 cm³/mol. The summed E-state index contributed by atoms with van der Waals surface area (Å²) >= 11 is 8.55. The molecule has 0 aliphatic rings. The van der Waals surface area contributed by atoms with Gasteiger partial charge in [0.25, 0.3) is 0 Å². The Labute approximate surface area is 115 Å². The van der Waals surface area contributed by atoms with E-state index in [0.717, 1.165) is 18.9 Å². The van der Waals surface area contributed by atoms with E-state index < -0.39 is 0 Å². The molecule has 1 aromatic carbocycles. The smallest absolute Gasteiger partial charge is 0.131 e. The van der Waals surface area contributed by atoms with Crippen molar-refractivity contribution in [2.75, 3.05) is 6.26 Å². The Morgan fingerprint density at radius 2 is 2.00 bits per heavy atom. The number of benzene rings is 1. The third-order valence-electron chi connectivity index (χ3n) is 1.87. The number of nitrogens with zero attached hydrogens (tertiary/aromatic N) is 2. The van der Waals surface area contributed by atoms with Gasteiger partial charge in [0.2, 0.25) is 0 Å². The van der Waals surface area contributed by atoms with Crippen LogP contribution >= 0.6 is 50.8 Å². The fourth-order valence-corrected chi connectivity index (χ4v) is 4.15. The molecule has 84 valence electrons. The highest BCUT2D eigenvalue weighted by molar-refractivity contribution is 9.10. The van der Waals surface area contributed by atoms with Crippen molar-refractivity contribution in [2.24, 2.45) is 0 Å². The monoisotopic (exact) mass is 332 g/mol. The molecule has 1 aromatic heterocycles. The van der Waals surface area contributed by atoms with Crippen LogP contribution in [0.1, 0.15) is 5.56 Å². The standard InChI is InChI=1S/C10H9BrN2S3/c1-14-9-12-13-10(16-9)15-6-7-4-2-3-5-8(7)11/h2-5H,6H2,1H3. The van der Waals surface area contributed by atoms with Crippen LogP contribution in [0.15, 0.2) is 37.4 Å². The molecule has 6 heteroatoms. The molecule has 0 amide bonds. The van der Waals surface area contributed by atoms with E-state index in [1.54, 1.807) is 34.9 Å². The van der Waals surface area contributed by atoms with E-state index in [1.807, 2.05) is 18.4 Å². The minimum Gasteiger partial charge on any atom is -0.131 e. The summed E-state index contributed by atoms with van der Waals surface area (Å²) in [5.74, 6) is 0.921. The van der Waals surface area contributed by atoms with Gasteiger partial charge in [0, 0.05) is 10.2 Å². The van der Waals surface area contributed by atoms with Crippen LogP contribution < -0.4 is 0 Å². The Hall–Kier alpha value is -0.0400. The first-order valence-electron chi connectivity index (χ1n) is 4.53. The Bertz CT molecular complexity index is 473. The average Bonchev–Trinajstić information content (AvgIpc) is 2.76. The maximum Gasteiger partial charge on any atom is 0.175 e. The molecule has 0 radical (unpaired) electrons. The summed E-state index contributed by atoms with van der Waals surface area (Å²) in [4.78, 5) is 0. The predicted octanol–water partition coefficient (Wildman–Crippen LogP) is 4.31. The van der Waals surface area contributed by atoms with Crippen molar-refractivity contribution in [3.63, 3.8) is 0 Å². The Kier molecular flexibility index (Phi) is 4.69. The van der Waals surface area contributed by atoms with Gasteiger partial charge >= 0.3 is 0 Å².